The Kier molecular flexibility index (Phi) is 4.22. The molecule has 0 aromatic carbocycles. The lowest BCUT2D eigenvalue weighted by molar-refractivity contribution is 0.180. The number of aliphatic hydroxyl groups is 1. The van der Waals surface area contributed by atoms with Crippen LogP contribution in [0.3, 0.4) is 0 Å². The Hall–Kier alpha value is -0.120. The zero-order chi connectivity index (χ0) is 11.5. The van der Waals surface area contributed by atoms with Crippen LogP contribution in [0.25, 0.3) is 0 Å². The van der Waals surface area contributed by atoms with Crippen molar-refractivity contribution in [1.82, 2.24) is 10.2 Å². The smallest absolute Gasteiger partial charge is 0.0445 e. The van der Waals surface area contributed by atoms with Crippen LogP contribution in [0.4, 0.5) is 0 Å². The Balaban J connectivity index is 1.86. The van der Waals surface area contributed by atoms with Crippen molar-refractivity contribution in [2.45, 2.75) is 45.2 Å². The van der Waals surface area contributed by atoms with Gasteiger partial charge in [0.1, 0.15) is 0 Å². The van der Waals surface area contributed by atoms with E-state index in [4.69, 9.17) is 5.11 Å². The van der Waals surface area contributed by atoms with Crippen molar-refractivity contribution in [3.8, 4) is 0 Å². The van der Waals surface area contributed by atoms with Crippen LogP contribution < -0.4 is 5.32 Å². The van der Waals surface area contributed by atoms with Gasteiger partial charge in [-0.05, 0) is 44.2 Å². The molecule has 0 spiro atoms. The SMILES string of the molecule is CC(C)C(CCO)NC1CCN2CCC1C2. The van der Waals surface area contributed by atoms with E-state index in [2.05, 4.69) is 24.1 Å². The predicted octanol–water partition coefficient (Wildman–Crippen LogP) is 1.08. The van der Waals surface area contributed by atoms with Crippen molar-refractivity contribution < 1.29 is 5.11 Å². The highest BCUT2D eigenvalue weighted by molar-refractivity contribution is 4.92. The quantitative estimate of drug-likeness (QED) is 0.736. The number of piperidine rings is 1. The third-order valence-corrected chi connectivity index (χ3v) is 4.31. The molecular weight excluding hydrogens is 200 g/mol. The van der Waals surface area contributed by atoms with Gasteiger partial charge in [-0.1, -0.05) is 13.8 Å². The monoisotopic (exact) mass is 226 g/mol. The van der Waals surface area contributed by atoms with Crippen molar-refractivity contribution >= 4 is 0 Å². The zero-order valence-corrected chi connectivity index (χ0v) is 10.7. The summed E-state index contributed by atoms with van der Waals surface area (Å²) in [7, 11) is 0. The summed E-state index contributed by atoms with van der Waals surface area (Å²) in [4.78, 5) is 2.58. The van der Waals surface area contributed by atoms with Gasteiger partial charge in [0.2, 0.25) is 0 Å². The highest BCUT2D eigenvalue weighted by Crippen LogP contribution is 2.28. The second-order valence-corrected chi connectivity index (χ2v) is 5.77. The Morgan fingerprint density at radius 3 is 2.75 bits per heavy atom. The predicted molar refractivity (Wildman–Crippen MR) is 66.4 cm³/mol. The third kappa shape index (κ3) is 2.76. The second-order valence-electron chi connectivity index (χ2n) is 5.77. The van der Waals surface area contributed by atoms with Gasteiger partial charge in [0.15, 0.2) is 0 Å². The summed E-state index contributed by atoms with van der Waals surface area (Å²) in [6.45, 7) is 8.66. The summed E-state index contributed by atoms with van der Waals surface area (Å²) in [6, 6.07) is 1.18. The standard InChI is InChI=1S/C13H26N2O/c1-10(2)12(5-8-16)14-13-4-7-15-6-3-11(13)9-15/h10-14,16H,3-9H2,1-2H3. The van der Waals surface area contributed by atoms with Crippen LogP contribution in [0, 0.1) is 11.8 Å². The van der Waals surface area contributed by atoms with Crippen molar-refractivity contribution in [3.63, 3.8) is 0 Å². The van der Waals surface area contributed by atoms with Crippen molar-refractivity contribution in [1.29, 1.82) is 0 Å². The van der Waals surface area contributed by atoms with Gasteiger partial charge in [-0.3, -0.25) is 0 Å². The molecule has 16 heavy (non-hydrogen) atoms. The lowest BCUT2D eigenvalue weighted by atomic mass is 9.91. The van der Waals surface area contributed by atoms with Gasteiger partial charge in [-0.2, -0.15) is 0 Å². The maximum atomic E-state index is 9.10. The Morgan fingerprint density at radius 1 is 1.31 bits per heavy atom. The van der Waals surface area contributed by atoms with Gasteiger partial charge in [0.05, 0.1) is 0 Å². The Bertz CT molecular complexity index is 220. The molecule has 2 fully saturated rings. The zero-order valence-electron chi connectivity index (χ0n) is 10.7. The summed E-state index contributed by atoms with van der Waals surface area (Å²) in [5.74, 6) is 1.47. The van der Waals surface area contributed by atoms with E-state index in [1.807, 2.05) is 0 Å². The topological polar surface area (TPSA) is 35.5 Å². The van der Waals surface area contributed by atoms with E-state index in [0.717, 1.165) is 12.3 Å². The molecule has 2 aliphatic heterocycles. The summed E-state index contributed by atoms with van der Waals surface area (Å²) in [5.41, 5.74) is 0. The fourth-order valence-electron chi connectivity index (χ4n) is 3.19. The number of nitrogens with one attached hydrogen (secondary N) is 1. The fraction of sp³-hybridized carbons (Fsp3) is 1.00. The molecule has 4 atom stereocenters. The van der Waals surface area contributed by atoms with E-state index in [9.17, 15) is 0 Å². The van der Waals surface area contributed by atoms with Gasteiger partial charge < -0.3 is 15.3 Å². The van der Waals surface area contributed by atoms with Crippen LogP contribution in [-0.2, 0) is 0 Å². The summed E-state index contributed by atoms with van der Waals surface area (Å²) in [6.07, 6.45) is 3.55. The number of aliphatic hydroxyl groups excluding tert-OH is 1. The number of hydrogen-bond donors (Lipinski definition) is 2. The average Bonchev–Trinajstić information content (AvgIpc) is 2.64. The van der Waals surface area contributed by atoms with E-state index in [1.54, 1.807) is 0 Å². The second kappa shape index (κ2) is 5.48. The highest BCUT2D eigenvalue weighted by Gasteiger charge is 2.35. The van der Waals surface area contributed by atoms with Crippen molar-refractivity contribution in [2.75, 3.05) is 26.2 Å². The van der Waals surface area contributed by atoms with Crippen LogP contribution in [0.1, 0.15) is 33.1 Å². The molecule has 3 heteroatoms. The molecule has 0 aromatic heterocycles. The molecule has 4 unspecified atom stereocenters. The number of fused-ring (bicyclic) bond motifs is 2. The first-order chi connectivity index (χ1) is 7.70. The maximum absolute atomic E-state index is 9.10. The Labute approximate surface area is 99.2 Å². The van der Waals surface area contributed by atoms with Crippen LogP contribution in [0.5, 0.6) is 0 Å². The summed E-state index contributed by atoms with van der Waals surface area (Å²) in [5, 5.41) is 12.9. The van der Waals surface area contributed by atoms with E-state index < -0.39 is 0 Å². The molecule has 2 saturated heterocycles. The molecule has 0 radical (unpaired) electrons. The fourth-order valence-corrected chi connectivity index (χ4v) is 3.19. The first kappa shape index (κ1) is 12.3. The molecule has 0 amide bonds. The molecule has 94 valence electrons. The number of nitrogens with zero attached hydrogens (tertiary/aromatic N) is 1. The van der Waals surface area contributed by atoms with Crippen molar-refractivity contribution in [3.05, 3.63) is 0 Å². The van der Waals surface area contributed by atoms with E-state index in [0.29, 0.717) is 24.6 Å². The van der Waals surface area contributed by atoms with Crippen LogP contribution in [0.15, 0.2) is 0 Å². The number of rotatable bonds is 5. The lowest BCUT2D eigenvalue weighted by Gasteiger charge is -2.35. The third-order valence-electron chi connectivity index (χ3n) is 4.31. The first-order valence-electron chi connectivity index (χ1n) is 6.80. The van der Waals surface area contributed by atoms with Crippen molar-refractivity contribution in [2.24, 2.45) is 11.8 Å². The molecule has 2 N–H and O–H groups in total. The van der Waals surface area contributed by atoms with Crippen LogP contribution >= 0.6 is 0 Å². The summed E-state index contributed by atoms with van der Waals surface area (Å²) < 4.78 is 0. The molecule has 2 aliphatic rings. The van der Waals surface area contributed by atoms with E-state index >= 15 is 0 Å². The molecular formula is C13H26N2O. The van der Waals surface area contributed by atoms with E-state index in [-0.39, 0.29) is 0 Å². The molecule has 3 nitrogen and oxygen atoms in total. The van der Waals surface area contributed by atoms with Crippen LogP contribution in [-0.4, -0.2) is 48.3 Å². The summed E-state index contributed by atoms with van der Waals surface area (Å²) >= 11 is 0. The van der Waals surface area contributed by atoms with Gasteiger partial charge in [0, 0.05) is 25.2 Å². The first-order valence-corrected chi connectivity index (χ1v) is 6.80. The molecule has 2 bridgehead atoms. The lowest BCUT2D eigenvalue weighted by Crippen LogP contribution is -2.49. The van der Waals surface area contributed by atoms with Gasteiger partial charge in [0.25, 0.3) is 0 Å². The number of hydrogen-bond acceptors (Lipinski definition) is 3. The maximum Gasteiger partial charge on any atom is 0.0445 e. The van der Waals surface area contributed by atoms with Crippen LogP contribution in [0.2, 0.25) is 0 Å². The minimum Gasteiger partial charge on any atom is -0.396 e. The average molecular weight is 226 g/mol. The minimum absolute atomic E-state index is 0.305. The minimum atomic E-state index is 0.305. The molecule has 0 saturated carbocycles. The van der Waals surface area contributed by atoms with E-state index in [1.165, 1.54) is 32.5 Å². The largest absolute Gasteiger partial charge is 0.396 e. The molecule has 2 rings (SSSR count). The van der Waals surface area contributed by atoms with Gasteiger partial charge >= 0.3 is 0 Å². The van der Waals surface area contributed by atoms with Gasteiger partial charge in [-0.15, -0.1) is 0 Å². The highest BCUT2D eigenvalue weighted by atomic mass is 16.3. The molecule has 2 heterocycles. The molecule has 0 aliphatic carbocycles. The van der Waals surface area contributed by atoms with Gasteiger partial charge in [-0.25, -0.2) is 0 Å². The molecule has 0 aromatic rings. The Morgan fingerprint density at radius 2 is 2.06 bits per heavy atom. The normalized spacial score (nSPS) is 35.6.